The summed E-state index contributed by atoms with van der Waals surface area (Å²) in [6.07, 6.45) is 4.56. The molecular weight excluding hydrogens is 299 g/mol. The van der Waals surface area contributed by atoms with Crippen molar-refractivity contribution in [2.45, 2.75) is 25.9 Å². The molecular formula is C21H23FN2. The van der Waals surface area contributed by atoms with Crippen LogP contribution in [-0.2, 0) is 13.1 Å². The van der Waals surface area contributed by atoms with E-state index in [1.807, 2.05) is 12.1 Å². The second kappa shape index (κ2) is 6.78. The molecule has 3 heteroatoms. The van der Waals surface area contributed by atoms with E-state index in [4.69, 9.17) is 0 Å². The second-order valence-electron chi connectivity index (χ2n) is 6.88. The lowest BCUT2D eigenvalue weighted by atomic mass is 9.96. The zero-order valence-electron chi connectivity index (χ0n) is 13.9. The molecule has 24 heavy (non-hydrogen) atoms. The van der Waals surface area contributed by atoms with Crippen LogP contribution in [0.1, 0.15) is 18.4 Å². The van der Waals surface area contributed by atoms with Crippen LogP contribution in [0.5, 0.6) is 0 Å². The Kier molecular flexibility index (Phi) is 4.35. The molecule has 0 saturated carbocycles. The molecule has 0 aliphatic carbocycles. The fourth-order valence-corrected chi connectivity index (χ4v) is 3.78. The molecule has 1 aliphatic heterocycles. The highest BCUT2D eigenvalue weighted by Crippen LogP contribution is 2.24. The molecule has 1 fully saturated rings. The number of hydrogen-bond acceptors (Lipinski definition) is 1. The van der Waals surface area contributed by atoms with Gasteiger partial charge in [-0.05, 0) is 61.7 Å². The molecule has 0 spiro atoms. The largest absolute Gasteiger partial charge is 0.347 e. The lowest BCUT2D eigenvalue weighted by Crippen LogP contribution is -2.34. The summed E-state index contributed by atoms with van der Waals surface area (Å²) < 4.78 is 15.6. The maximum atomic E-state index is 13.3. The molecule has 0 radical (unpaired) electrons. The van der Waals surface area contributed by atoms with Crippen molar-refractivity contribution < 1.29 is 4.39 Å². The molecule has 0 N–H and O–H groups in total. The molecule has 2 heterocycles. The molecule has 0 atom stereocenters. The van der Waals surface area contributed by atoms with Gasteiger partial charge in [0.25, 0.3) is 0 Å². The highest BCUT2D eigenvalue weighted by atomic mass is 19.1. The number of piperidine rings is 1. The average Bonchev–Trinajstić information content (AvgIpc) is 2.99. The molecule has 2 nitrogen and oxygen atoms in total. The summed E-state index contributed by atoms with van der Waals surface area (Å²) >= 11 is 0. The molecule has 0 amide bonds. The van der Waals surface area contributed by atoms with Crippen LogP contribution >= 0.6 is 0 Å². The highest BCUT2D eigenvalue weighted by molar-refractivity contribution is 5.80. The van der Waals surface area contributed by atoms with Crippen LogP contribution in [0.4, 0.5) is 4.39 Å². The van der Waals surface area contributed by atoms with Crippen molar-refractivity contribution in [3.8, 4) is 0 Å². The van der Waals surface area contributed by atoms with Gasteiger partial charge in [0, 0.05) is 30.2 Å². The van der Waals surface area contributed by atoms with Gasteiger partial charge >= 0.3 is 0 Å². The third kappa shape index (κ3) is 3.36. The van der Waals surface area contributed by atoms with E-state index < -0.39 is 0 Å². The normalized spacial score (nSPS) is 16.7. The number of benzene rings is 2. The van der Waals surface area contributed by atoms with E-state index in [2.05, 4.69) is 46.0 Å². The quantitative estimate of drug-likeness (QED) is 0.676. The molecule has 0 bridgehead atoms. The first-order chi connectivity index (χ1) is 11.8. The summed E-state index contributed by atoms with van der Waals surface area (Å²) in [5.74, 6) is 0.548. The maximum absolute atomic E-state index is 13.3. The zero-order valence-corrected chi connectivity index (χ0v) is 13.9. The molecule has 1 aliphatic rings. The first-order valence-corrected chi connectivity index (χ1v) is 8.78. The van der Waals surface area contributed by atoms with Crippen molar-refractivity contribution in [3.63, 3.8) is 0 Å². The van der Waals surface area contributed by atoms with Gasteiger partial charge in [-0.25, -0.2) is 4.39 Å². The van der Waals surface area contributed by atoms with E-state index in [0.29, 0.717) is 5.92 Å². The van der Waals surface area contributed by atoms with E-state index in [9.17, 15) is 4.39 Å². The van der Waals surface area contributed by atoms with Crippen molar-refractivity contribution in [2.75, 3.05) is 13.1 Å². The van der Waals surface area contributed by atoms with Crippen LogP contribution < -0.4 is 0 Å². The molecule has 1 saturated heterocycles. The van der Waals surface area contributed by atoms with Gasteiger partial charge in [-0.1, -0.05) is 30.3 Å². The summed E-state index contributed by atoms with van der Waals surface area (Å²) in [6.45, 7) is 4.41. The minimum absolute atomic E-state index is 0.158. The monoisotopic (exact) mass is 322 g/mol. The molecule has 124 valence electrons. The number of hydrogen-bond donors (Lipinski definition) is 0. The van der Waals surface area contributed by atoms with Gasteiger partial charge in [0.05, 0.1) is 0 Å². The Labute approximate surface area is 142 Å². The van der Waals surface area contributed by atoms with Crippen LogP contribution in [0.3, 0.4) is 0 Å². The van der Waals surface area contributed by atoms with Crippen LogP contribution in [0, 0.1) is 11.7 Å². The highest BCUT2D eigenvalue weighted by Gasteiger charge is 2.20. The number of fused-ring (bicyclic) bond motifs is 1. The number of nitrogens with zero attached hydrogens (tertiary/aromatic N) is 2. The second-order valence-corrected chi connectivity index (χ2v) is 6.88. The Morgan fingerprint density at radius 2 is 1.75 bits per heavy atom. The van der Waals surface area contributed by atoms with Gasteiger partial charge in [0.2, 0.25) is 0 Å². The van der Waals surface area contributed by atoms with Crippen molar-refractivity contribution in [3.05, 3.63) is 72.2 Å². The van der Waals surface area contributed by atoms with E-state index in [1.165, 1.54) is 18.4 Å². The smallest absolute Gasteiger partial charge is 0.123 e. The van der Waals surface area contributed by atoms with Crippen LogP contribution in [-0.4, -0.2) is 22.6 Å². The molecule has 0 unspecified atom stereocenters. The fraction of sp³-hybridized carbons (Fsp3) is 0.333. The topological polar surface area (TPSA) is 8.17 Å². The lowest BCUT2D eigenvalue weighted by molar-refractivity contribution is 0.168. The van der Waals surface area contributed by atoms with Crippen molar-refractivity contribution in [1.29, 1.82) is 0 Å². The lowest BCUT2D eigenvalue weighted by Gasteiger charge is -2.32. The SMILES string of the molecule is Fc1ccc2c(ccn2CC2CCN(Cc3ccccc3)CC2)c1. The Morgan fingerprint density at radius 1 is 0.958 bits per heavy atom. The van der Waals surface area contributed by atoms with Crippen molar-refractivity contribution >= 4 is 10.9 Å². The molecule has 3 aromatic rings. The van der Waals surface area contributed by atoms with E-state index in [0.717, 1.165) is 37.1 Å². The molecule has 1 aromatic heterocycles. The Balaban J connectivity index is 1.36. The van der Waals surface area contributed by atoms with Gasteiger partial charge in [0.15, 0.2) is 0 Å². The van der Waals surface area contributed by atoms with E-state index >= 15 is 0 Å². The van der Waals surface area contributed by atoms with Crippen LogP contribution in [0.25, 0.3) is 10.9 Å². The van der Waals surface area contributed by atoms with Crippen LogP contribution in [0.15, 0.2) is 60.8 Å². The minimum atomic E-state index is -0.158. The Bertz CT molecular complexity index is 801. The summed E-state index contributed by atoms with van der Waals surface area (Å²) in [7, 11) is 0. The zero-order chi connectivity index (χ0) is 16.4. The summed E-state index contributed by atoms with van der Waals surface area (Å²) in [4.78, 5) is 2.55. The summed E-state index contributed by atoms with van der Waals surface area (Å²) in [5.41, 5.74) is 2.54. The molecule has 4 rings (SSSR count). The Morgan fingerprint density at radius 3 is 2.54 bits per heavy atom. The van der Waals surface area contributed by atoms with Crippen LogP contribution in [0.2, 0.25) is 0 Å². The predicted octanol–water partition coefficient (Wildman–Crippen LogP) is 4.69. The standard InChI is InChI=1S/C21H23FN2/c22-20-6-7-21-19(14-20)10-13-24(21)16-18-8-11-23(12-9-18)15-17-4-2-1-3-5-17/h1-7,10,13-14,18H,8-9,11-12,15-16H2. The van der Waals surface area contributed by atoms with E-state index in [1.54, 1.807) is 12.1 Å². The molecule has 2 aromatic carbocycles. The third-order valence-corrected chi connectivity index (χ3v) is 5.14. The van der Waals surface area contributed by atoms with Gasteiger partial charge in [0.1, 0.15) is 5.82 Å². The fourth-order valence-electron chi connectivity index (χ4n) is 3.78. The minimum Gasteiger partial charge on any atom is -0.347 e. The Hall–Kier alpha value is -2.13. The predicted molar refractivity (Wildman–Crippen MR) is 96.3 cm³/mol. The number of likely N-dealkylation sites (tertiary alicyclic amines) is 1. The number of halogens is 1. The van der Waals surface area contributed by atoms with Gasteiger partial charge in [-0.2, -0.15) is 0 Å². The first kappa shape index (κ1) is 15.4. The summed E-state index contributed by atoms with van der Waals surface area (Å²) in [6, 6.07) is 17.8. The van der Waals surface area contributed by atoms with Gasteiger partial charge < -0.3 is 4.57 Å². The van der Waals surface area contributed by atoms with E-state index in [-0.39, 0.29) is 5.82 Å². The maximum Gasteiger partial charge on any atom is 0.123 e. The van der Waals surface area contributed by atoms with Crippen molar-refractivity contribution in [1.82, 2.24) is 9.47 Å². The summed E-state index contributed by atoms with van der Waals surface area (Å²) in [5, 5.41) is 0.997. The number of rotatable bonds is 4. The van der Waals surface area contributed by atoms with Gasteiger partial charge in [-0.3, -0.25) is 4.90 Å². The van der Waals surface area contributed by atoms with Gasteiger partial charge in [-0.15, -0.1) is 0 Å². The average molecular weight is 322 g/mol. The number of aromatic nitrogens is 1. The van der Waals surface area contributed by atoms with Crippen molar-refractivity contribution in [2.24, 2.45) is 5.92 Å². The third-order valence-electron chi connectivity index (χ3n) is 5.14. The first-order valence-electron chi connectivity index (χ1n) is 8.78.